The zero-order valence-electron chi connectivity index (χ0n) is 9.59. The minimum absolute atomic E-state index is 0.0313. The van der Waals surface area contributed by atoms with Crippen molar-refractivity contribution in [1.82, 2.24) is 5.32 Å². The summed E-state index contributed by atoms with van der Waals surface area (Å²) < 4.78 is 0.955. The highest BCUT2D eigenvalue weighted by atomic mass is 79.9. The van der Waals surface area contributed by atoms with Crippen LogP contribution in [0.1, 0.15) is 35.7 Å². The number of carbonyl (C=O) groups excluding carboxylic acids is 1. The highest BCUT2D eigenvalue weighted by Crippen LogP contribution is 2.32. The lowest BCUT2D eigenvalue weighted by atomic mass is 10.1. The lowest BCUT2D eigenvalue weighted by Crippen LogP contribution is -2.34. The molecule has 1 aromatic carbocycles. The van der Waals surface area contributed by atoms with Crippen molar-refractivity contribution in [2.75, 3.05) is 0 Å². The van der Waals surface area contributed by atoms with Gasteiger partial charge in [-0.2, -0.15) is 0 Å². The molecule has 3 heteroatoms. The van der Waals surface area contributed by atoms with Gasteiger partial charge >= 0.3 is 0 Å². The zero-order chi connectivity index (χ0) is 11.7. The lowest BCUT2D eigenvalue weighted by Gasteiger charge is -2.13. The molecule has 1 unspecified atom stereocenters. The minimum atomic E-state index is 0.0313. The van der Waals surface area contributed by atoms with E-state index in [4.69, 9.17) is 0 Å². The second-order valence-electron chi connectivity index (χ2n) is 4.62. The zero-order valence-corrected chi connectivity index (χ0v) is 11.2. The first-order chi connectivity index (χ1) is 7.56. The van der Waals surface area contributed by atoms with Crippen LogP contribution < -0.4 is 5.32 Å². The van der Waals surface area contributed by atoms with E-state index in [1.165, 1.54) is 12.8 Å². The van der Waals surface area contributed by atoms with Crippen LogP contribution in [0, 0.1) is 12.8 Å². The second kappa shape index (κ2) is 4.58. The predicted octanol–water partition coefficient (Wildman–Crippen LogP) is 3.29. The highest BCUT2D eigenvalue weighted by Gasteiger charge is 2.29. The molecule has 1 amide bonds. The predicted molar refractivity (Wildman–Crippen MR) is 68.5 cm³/mol. The number of hydrogen-bond acceptors (Lipinski definition) is 1. The maximum atomic E-state index is 12.0. The summed E-state index contributed by atoms with van der Waals surface area (Å²) in [6, 6.07) is 6.08. The molecule has 0 saturated heterocycles. The molecular weight excluding hydrogens is 266 g/mol. The van der Waals surface area contributed by atoms with Gasteiger partial charge in [0.15, 0.2) is 0 Å². The number of rotatable bonds is 3. The van der Waals surface area contributed by atoms with E-state index in [9.17, 15) is 4.79 Å². The van der Waals surface area contributed by atoms with Gasteiger partial charge in [-0.15, -0.1) is 0 Å². The second-order valence-corrected chi connectivity index (χ2v) is 5.53. The molecule has 2 rings (SSSR count). The molecule has 1 aliphatic rings. The summed E-state index contributed by atoms with van der Waals surface area (Å²) in [5.74, 6) is 0.723. The van der Waals surface area contributed by atoms with Crippen molar-refractivity contribution in [1.29, 1.82) is 0 Å². The molecule has 1 aromatic rings. The summed E-state index contributed by atoms with van der Waals surface area (Å²) >= 11 is 3.41. The molecule has 1 aliphatic carbocycles. The molecule has 0 radical (unpaired) electrons. The number of aryl methyl sites for hydroxylation is 1. The molecule has 0 spiro atoms. The number of carbonyl (C=O) groups is 1. The maximum absolute atomic E-state index is 12.0. The van der Waals surface area contributed by atoms with Crippen molar-refractivity contribution in [3.05, 3.63) is 33.8 Å². The van der Waals surface area contributed by atoms with Crippen molar-refractivity contribution in [3.63, 3.8) is 0 Å². The van der Waals surface area contributed by atoms with Gasteiger partial charge in [-0.25, -0.2) is 0 Å². The Morgan fingerprint density at radius 2 is 2.12 bits per heavy atom. The quantitative estimate of drug-likeness (QED) is 0.905. The number of amides is 1. The average molecular weight is 282 g/mol. The largest absolute Gasteiger partial charge is 0.349 e. The summed E-state index contributed by atoms with van der Waals surface area (Å²) in [7, 11) is 0. The van der Waals surface area contributed by atoms with Crippen LogP contribution in [0.3, 0.4) is 0 Å². The van der Waals surface area contributed by atoms with E-state index in [2.05, 4.69) is 28.2 Å². The van der Waals surface area contributed by atoms with Gasteiger partial charge in [-0.3, -0.25) is 4.79 Å². The first-order valence-corrected chi connectivity index (χ1v) is 6.43. The van der Waals surface area contributed by atoms with E-state index in [0.29, 0.717) is 12.0 Å². The van der Waals surface area contributed by atoms with Crippen molar-refractivity contribution in [2.45, 2.75) is 32.7 Å². The average Bonchev–Trinajstić information content (AvgIpc) is 2.98. The maximum Gasteiger partial charge on any atom is 0.251 e. The number of nitrogens with one attached hydrogen (secondary N) is 1. The van der Waals surface area contributed by atoms with Gasteiger partial charge in [0, 0.05) is 16.1 Å². The summed E-state index contributed by atoms with van der Waals surface area (Å²) in [5, 5.41) is 3.05. The van der Waals surface area contributed by atoms with E-state index in [0.717, 1.165) is 15.6 Å². The monoisotopic (exact) mass is 281 g/mol. The van der Waals surface area contributed by atoms with Gasteiger partial charge in [0.25, 0.3) is 5.91 Å². The van der Waals surface area contributed by atoms with Crippen molar-refractivity contribution < 1.29 is 4.79 Å². The van der Waals surface area contributed by atoms with Gasteiger partial charge in [-0.1, -0.05) is 15.9 Å². The molecule has 2 nitrogen and oxygen atoms in total. The number of halogens is 1. The van der Waals surface area contributed by atoms with Gasteiger partial charge in [0.2, 0.25) is 0 Å². The molecule has 0 bridgehead atoms. The van der Waals surface area contributed by atoms with Gasteiger partial charge in [0.05, 0.1) is 0 Å². The molecule has 0 aliphatic heterocycles. The molecule has 1 saturated carbocycles. The molecule has 16 heavy (non-hydrogen) atoms. The van der Waals surface area contributed by atoms with Crippen LogP contribution in [0.4, 0.5) is 0 Å². The smallest absolute Gasteiger partial charge is 0.251 e. The summed E-state index contributed by atoms with van der Waals surface area (Å²) in [6.45, 7) is 4.08. The van der Waals surface area contributed by atoms with Crippen LogP contribution in [0.5, 0.6) is 0 Å². The fourth-order valence-electron chi connectivity index (χ4n) is 1.87. The Morgan fingerprint density at radius 3 is 2.69 bits per heavy atom. The topological polar surface area (TPSA) is 29.1 Å². The Bertz CT molecular complexity index is 392. The lowest BCUT2D eigenvalue weighted by molar-refractivity contribution is 0.0935. The van der Waals surface area contributed by atoms with Gasteiger partial charge < -0.3 is 5.32 Å². The molecular formula is C13H16BrNO. The normalized spacial score (nSPS) is 16.9. The summed E-state index contributed by atoms with van der Waals surface area (Å²) in [4.78, 5) is 12.0. The van der Waals surface area contributed by atoms with E-state index < -0.39 is 0 Å². The molecule has 1 N–H and O–H groups in total. The Morgan fingerprint density at radius 1 is 1.44 bits per heavy atom. The Balaban J connectivity index is 2.07. The highest BCUT2D eigenvalue weighted by molar-refractivity contribution is 9.10. The summed E-state index contributed by atoms with van der Waals surface area (Å²) in [6.07, 6.45) is 2.50. The van der Waals surface area contributed by atoms with Crippen LogP contribution in [0.25, 0.3) is 0 Å². The molecule has 1 atom stereocenters. The van der Waals surface area contributed by atoms with Crippen LogP contribution >= 0.6 is 15.9 Å². The van der Waals surface area contributed by atoms with Gasteiger partial charge in [-0.05, 0) is 56.4 Å². The first kappa shape index (κ1) is 11.6. The molecule has 1 fully saturated rings. The summed E-state index contributed by atoms with van der Waals surface area (Å²) in [5.41, 5.74) is 1.83. The van der Waals surface area contributed by atoms with Crippen LogP contribution in [-0.2, 0) is 0 Å². The standard InChI is InChI=1S/C13H16BrNO/c1-8-5-11(7-12(14)6-8)13(16)15-9(2)10-3-4-10/h5-7,9-10H,3-4H2,1-2H3,(H,15,16). The van der Waals surface area contributed by atoms with E-state index in [1.54, 1.807) is 0 Å². The molecule has 0 aromatic heterocycles. The SMILES string of the molecule is Cc1cc(Br)cc(C(=O)NC(C)C2CC2)c1. The van der Waals surface area contributed by atoms with Crippen LogP contribution in [-0.4, -0.2) is 11.9 Å². The van der Waals surface area contributed by atoms with Crippen molar-refractivity contribution >= 4 is 21.8 Å². The van der Waals surface area contributed by atoms with Crippen LogP contribution in [0.2, 0.25) is 0 Å². The first-order valence-electron chi connectivity index (χ1n) is 5.64. The number of hydrogen-bond donors (Lipinski definition) is 1. The third kappa shape index (κ3) is 2.85. The third-order valence-electron chi connectivity index (χ3n) is 2.99. The van der Waals surface area contributed by atoms with Crippen molar-refractivity contribution in [2.24, 2.45) is 5.92 Å². The fraction of sp³-hybridized carbons (Fsp3) is 0.462. The van der Waals surface area contributed by atoms with E-state index in [1.807, 2.05) is 25.1 Å². The Hall–Kier alpha value is -0.830. The van der Waals surface area contributed by atoms with E-state index >= 15 is 0 Å². The fourth-order valence-corrected chi connectivity index (χ4v) is 2.48. The van der Waals surface area contributed by atoms with Gasteiger partial charge in [0.1, 0.15) is 0 Å². The van der Waals surface area contributed by atoms with Crippen molar-refractivity contribution in [3.8, 4) is 0 Å². The van der Waals surface area contributed by atoms with Crippen LogP contribution in [0.15, 0.2) is 22.7 Å². The third-order valence-corrected chi connectivity index (χ3v) is 3.45. The minimum Gasteiger partial charge on any atom is -0.349 e. The Kier molecular flexibility index (Phi) is 3.33. The Labute approximate surface area is 105 Å². The number of benzene rings is 1. The molecule has 86 valence electrons. The van der Waals surface area contributed by atoms with E-state index in [-0.39, 0.29) is 5.91 Å². The molecule has 0 heterocycles.